The fourth-order valence-electron chi connectivity index (χ4n) is 3.21. The normalized spacial score (nSPS) is 18.1. The van der Waals surface area contributed by atoms with E-state index in [0.717, 1.165) is 17.4 Å². The summed E-state index contributed by atoms with van der Waals surface area (Å²) in [7, 11) is 3.77. The first-order chi connectivity index (χ1) is 14.3. The van der Waals surface area contributed by atoms with Gasteiger partial charge in [-0.1, -0.05) is 23.5 Å². The number of likely N-dealkylation sites (N-methyl/N-ethyl adjacent to an activating group) is 1. The summed E-state index contributed by atoms with van der Waals surface area (Å²) >= 11 is 1.06. The number of rotatable bonds is 5. The van der Waals surface area contributed by atoms with Gasteiger partial charge in [0, 0.05) is 19.2 Å². The average Bonchev–Trinajstić information content (AvgIpc) is 3.11. The highest BCUT2D eigenvalue weighted by Crippen LogP contribution is 2.36. The molecule has 30 heavy (non-hydrogen) atoms. The Kier molecular flexibility index (Phi) is 5.57. The van der Waals surface area contributed by atoms with Gasteiger partial charge in [-0.3, -0.25) is 9.69 Å². The lowest BCUT2D eigenvalue weighted by molar-refractivity contribution is -0.130. The van der Waals surface area contributed by atoms with Crippen molar-refractivity contribution in [3.05, 3.63) is 48.0 Å². The first kappa shape index (κ1) is 20.5. The monoisotopic (exact) mass is 433 g/mol. The second-order valence-corrected chi connectivity index (χ2v) is 8.34. The Bertz CT molecular complexity index is 1090. The summed E-state index contributed by atoms with van der Waals surface area (Å²) in [4.78, 5) is 21.1. The number of carbonyl (C=O) groups excluding carboxylic acids is 1. The predicted molar refractivity (Wildman–Crippen MR) is 111 cm³/mol. The van der Waals surface area contributed by atoms with Gasteiger partial charge in [-0.05, 0) is 39.2 Å². The number of anilines is 1. The molecule has 2 heterocycles. The summed E-state index contributed by atoms with van der Waals surface area (Å²) in [6.45, 7) is 2.62. The highest BCUT2D eigenvalue weighted by molar-refractivity contribution is 7.22. The van der Waals surface area contributed by atoms with E-state index in [1.54, 1.807) is 25.1 Å². The number of aromatic nitrogens is 1. The second kappa shape index (κ2) is 8.16. The van der Waals surface area contributed by atoms with Gasteiger partial charge in [0.2, 0.25) is 6.10 Å². The Morgan fingerprint density at radius 2 is 1.83 bits per heavy atom. The van der Waals surface area contributed by atoms with Gasteiger partial charge in [-0.25, -0.2) is 13.8 Å². The molecule has 2 unspecified atom stereocenters. The van der Waals surface area contributed by atoms with Crippen molar-refractivity contribution in [3.63, 3.8) is 0 Å². The second-order valence-electron chi connectivity index (χ2n) is 7.33. The van der Waals surface area contributed by atoms with Crippen molar-refractivity contribution in [1.29, 1.82) is 0 Å². The highest BCUT2D eigenvalue weighted by Gasteiger charge is 2.38. The molecule has 0 fully saturated rings. The number of fused-ring (bicyclic) bond motifs is 2. The molecule has 3 aromatic rings. The van der Waals surface area contributed by atoms with Crippen LogP contribution in [0.15, 0.2) is 36.4 Å². The maximum Gasteiger partial charge on any atom is 0.273 e. The van der Waals surface area contributed by atoms with E-state index in [4.69, 9.17) is 9.47 Å². The largest absolute Gasteiger partial charge is 0.482 e. The van der Waals surface area contributed by atoms with E-state index in [2.05, 4.69) is 4.98 Å². The van der Waals surface area contributed by atoms with Crippen LogP contribution in [0.3, 0.4) is 0 Å². The van der Waals surface area contributed by atoms with E-state index in [1.807, 2.05) is 25.1 Å². The molecule has 6 nitrogen and oxygen atoms in total. The van der Waals surface area contributed by atoms with Crippen LogP contribution in [0.25, 0.3) is 10.2 Å². The molecule has 1 aliphatic heterocycles. The SMILES string of the molecule is CC1Oc2ccccc2OC1C(=O)N(CCN(C)C)c1nc2c(F)cc(F)cc2s1. The molecule has 4 rings (SSSR count). The zero-order valence-electron chi connectivity index (χ0n) is 16.8. The molecule has 1 aromatic heterocycles. The lowest BCUT2D eigenvalue weighted by Crippen LogP contribution is -2.52. The minimum atomic E-state index is -0.893. The summed E-state index contributed by atoms with van der Waals surface area (Å²) < 4.78 is 39.9. The molecule has 2 atom stereocenters. The maximum atomic E-state index is 14.2. The van der Waals surface area contributed by atoms with Crippen LogP contribution in [0.2, 0.25) is 0 Å². The Labute approximate surface area is 176 Å². The van der Waals surface area contributed by atoms with E-state index in [0.29, 0.717) is 29.3 Å². The molecule has 158 valence electrons. The Hall–Kier alpha value is -2.78. The van der Waals surface area contributed by atoms with Crippen molar-refractivity contribution in [2.75, 3.05) is 32.1 Å². The van der Waals surface area contributed by atoms with Crippen molar-refractivity contribution in [1.82, 2.24) is 9.88 Å². The van der Waals surface area contributed by atoms with Crippen molar-refractivity contribution in [2.24, 2.45) is 0 Å². The van der Waals surface area contributed by atoms with Gasteiger partial charge in [-0.15, -0.1) is 0 Å². The number of benzene rings is 2. The molecular formula is C21H21F2N3O3S. The van der Waals surface area contributed by atoms with E-state index in [-0.39, 0.29) is 16.6 Å². The predicted octanol–water partition coefficient (Wildman–Crippen LogP) is 3.70. The highest BCUT2D eigenvalue weighted by atomic mass is 32.1. The summed E-state index contributed by atoms with van der Waals surface area (Å²) in [5.41, 5.74) is 0.0401. The number of carbonyl (C=O) groups is 1. The lowest BCUT2D eigenvalue weighted by Gasteiger charge is -2.34. The number of amides is 1. The molecule has 0 spiro atoms. The Morgan fingerprint density at radius 1 is 1.13 bits per heavy atom. The van der Waals surface area contributed by atoms with Crippen LogP contribution in [-0.2, 0) is 4.79 Å². The minimum absolute atomic E-state index is 0.0401. The molecule has 0 bridgehead atoms. The van der Waals surface area contributed by atoms with Crippen LogP contribution in [0.1, 0.15) is 6.92 Å². The van der Waals surface area contributed by atoms with Crippen LogP contribution in [0.5, 0.6) is 11.5 Å². The van der Waals surface area contributed by atoms with Gasteiger partial charge in [0.25, 0.3) is 5.91 Å². The molecule has 0 saturated heterocycles. The first-order valence-corrected chi connectivity index (χ1v) is 10.3. The fourth-order valence-corrected chi connectivity index (χ4v) is 4.24. The van der Waals surface area contributed by atoms with Gasteiger partial charge in [0.15, 0.2) is 22.4 Å². The number of ether oxygens (including phenoxy) is 2. The molecule has 2 aromatic carbocycles. The first-order valence-electron chi connectivity index (χ1n) is 9.47. The number of thiazole rings is 1. The van der Waals surface area contributed by atoms with Gasteiger partial charge < -0.3 is 14.4 Å². The number of para-hydroxylation sites is 2. The van der Waals surface area contributed by atoms with E-state index in [1.165, 1.54) is 11.0 Å². The third kappa shape index (κ3) is 3.95. The molecule has 0 radical (unpaired) electrons. The Balaban J connectivity index is 1.69. The smallest absolute Gasteiger partial charge is 0.273 e. The topological polar surface area (TPSA) is 54.9 Å². The van der Waals surface area contributed by atoms with Crippen LogP contribution in [0.4, 0.5) is 13.9 Å². The van der Waals surface area contributed by atoms with Crippen molar-refractivity contribution in [3.8, 4) is 11.5 Å². The van der Waals surface area contributed by atoms with Crippen LogP contribution >= 0.6 is 11.3 Å². The molecule has 0 aliphatic carbocycles. The molecular weight excluding hydrogens is 412 g/mol. The van der Waals surface area contributed by atoms with E-state index in [9.17, 15) is 13.6 Å². The van der Waals surface area contributed by atoms with Gasteiger partial charge in [0.1, 0.15) is 17.4 Å². The standard InChI is InChI=1S/C21H21F2N3O3S/c1-12-19(29-16-7-5-4-6-15(16)28-12)20(27)26(9-8-25(2)3)21-24-18-14(23)10-13(22)11-17(18)30-21/h4-7,10-12,19H,8-9H2,1-3H3. The number of hydrogen-bond acceptors (Lipinski definition) is 6. The summed E-state index contributed by atoms with van der Waals surface area (Å²) in [5.74, 6) is -0.730. The number of halogens is 2. The average molecular weight is 433 g/mol. The van der Waals surface area contributed by atoms with Crippen LogP contribution < -0.4 is 14.4 Å². The van der Waals surface area contributed by atoms with Gasteiger partial charge in [-0.2, -0.15) is 0 Å². The van der Waals surface area contributed by atoms with E-state index < -0.39 is 23.8 Å². The zero-order chi connectivity index (χ0) is 21.4. The van der Waals surface area contributed by atoms with Crippen LogP contribution in [-0.4, -0.2) is 55.2 Å². The molecule has 0 N–H and O–H groups in total. The summed E-state index contributed by atoms with van der Waals surface area (Å²) in [6, 6.07) is 9.15. The van der Waals surface area contributed by atoms with Crippen molar-refractivity contribution >= 4 is 32.6 Å². The molecule has 0 saturated carbocycles. The maximum absolute atomic E-state index is 14.2. The molecule has 1 amide bonds. The minimum Gasteiger partial charge on any atom is -0.482 e. The quantitative estimate of drug-likeness (QED) is 0.614. The molecule has 1 aliphatic rings. The summed E-state index contributed by atoms with van der Waals surface area (Å²) in [6.07, 6.45) is -1.42. The third-order valence-corrected chi connectivity index (χ3v) is 5.78. The van der Waals surface area contributed by atoms with Gasteiger partial charge >= 0.3 is 0 Å². The fraction of sp³-hybridized carbons (Fsp3) is 0.333. The number of hydrogen-bond donors (Lipinski definition) is 0. The zero-order valence-corrected chi connectivity index (χ0v) is 17.6. The third-order valence-electron chi connectivity index (χ3n) is 4.76. The lowest BCUT2D eigenvalue weighted by atomic mass is 10.1. The van der Waals surface area contributed by atoms with E-state index >= 15 is 0 Å². The van der Waals surface area contributed by atoms with Gasteiger partial charge in [0.05, 0.1) is 4.70 Å². The van der Waals surface area contributed by atoms with Crippen molar-refractivity contribution < 1.29 is 23.0 Å². The molecule has 9 heteroatoms. The summed E-state index contributed by atoms with van der Waals surface area (Å²) in [5, 5.41) is 0.288. The van der Waals surface area contributed by atoms with Crippen molar-refractivity contribution in [2.45, 2.75) is 19.1 Å². The van der Waals surface area contributed by atoms with Crippen LogP contribution in [0, 0.1) is 11.6 Å². The Morgan fingerprint density at radius 3 is 2.53 bits per heavy atom. The number of nitrogens with zero attached hydrogens (tertiary/aromatic N) is 3.